The van der Waals surface area contributed by atoms with Gasteiger partial charge in [0.2, 0.25) is 11.8 Å². The van der Waals surface area contributed by atoms with Crippen molar-refractivity contribution in [1.29, 1.82) is 0 Å². The third kappa shape index (κ3) is 10.5. The monoisotopic (exact) mass is 960 g/mol. The molecular weight excluding hydrogens is 893 g/mol. The number of aromatic nitrogens is 1. The van der Waals surface area contributed by atoms with Gasteiger partial charge in [0.1, 0.15) is 23.9 Å². The number of aryl methyl sites for hydroxylation is 1. The lowest BCUT2D eigenvalue weighted by Crippen LogP contribution is -2.63. The van der Waals surface area contributed by atoms with Crippen LogP contribution in [0.15, 0.2) is 73.3 Å². The van der Waals surface area contributed by atoms with Gasteiger partial charge in [-0.15, -0.1) is 0 Å². The molecule has 8 rings (SSSR count). The van der Waals surface area contributed by atoms with Gasteiger partial charge in [-0.2, -0.15) is 0 Å². The quantitative estimate of drug-likeness (QED) is 0.118. The summed E-state index contributed by atoms with van der Waals surface area (Å²) in [4.78, 5) is 73.2. The largest absolute Gasteiger partial charge is 0.508 e. The number of aromatic hydroxyl groups is 1. The first-order chi connectivity index (χ1) is 33.5. The van der Waals surface area contributed by atoms with Gasteiger partial charge in [-0.25, -0.2) is 5.43 Å². The molecule has 4 N–H and O–H groups in total. The maximum Gasteiger partial charge on any atom is 0.324 e. The molecule has 374 valence electrons. The predicted octanol–water partition coefficient (Wildman–Crippen LogP) is 4.94. The number of β-amino-alcohol motifs (C(OH)–C–C–N with tert-alkyl or cyclic N) is 1. The molecule has 0 aliphatic carbocycles. The van der Waals surface area contributed by atoms with Crippen molar-refractivity contribution in [1.82, 2.24) is 30.1 Å². The first-order valence-corrected chi connectivity index (χ1v) is 24.6. The van der Waals surface area contributed by atoms with Gasteiger partial charge in [-0.3, -0.25) is 29.0 Å². The molecule has 4 aromatic rings. The van der Waals surface area contributed by atoms with Crippen molar-refractivity contribution < 1.29 is 48.4 Å². The minimum absolute atomic E-state index is 0.0246. The number of carbonyl (C=O) groups is 5. The van der Waals surface area contributed by atoms with Crippen LogP contribution in [0.25, 0.3) is 33.3 Å². The van der Waals surface area contributed by atoms with Crippen LogP contribution >= 0.6 is 0 Å². The van der Waals surface area contributed by atoms with Gasteiger partial charge in [0.25, 0.3) is 11.8 Å². The van der Waals surface area contributed by atoms with E-state index in [1.54, 1.807) is 19.2 Å². The normalized spacial score (nSPS) is 22.5. The zero-order valence-electron chi connectivity index (χ0n) is 41.1. The fourth-order valence-electron chi connectivity index (χ4n) is 10.9. The van der Waals surface area contributed by atoms with Gasteiger partial charge in [0.05, 0.1) is 25.5 Å². The number of fused-ring (bicyclic) bond motifs is 6. The molecular formula is C54H68N6O10. The number of carbonyl (C=O) groups excluding carboxylic acids is 5. The molecule has 0 spiro atoms. The van der Waals surface area contributed by atoms with Crippen LogP contribution in [0.2, 0.25) is 0 Å². The van der Waals surface area contributed by atoms with E-state index < -0.39 is 64.7 Å². The predicted molar refractivity (Wildman–Crippen MR) is 264 cm³/mol. The van der Waals surface area contributed by atoms with Gasteiger partial charge in [-0.1, -0.05) is 56.8 Å². The van der Waals surface area contributed by atoms with Crippen LogP contribution in [0.5, 0.6) is 5.75 Å². The zero-order chi connectivity index (χ0) is 49.9. The number of likely N-dealkylation sites (tertiary alicyclic amines) is 1. The smallest absolute Gasteiger partial charge is 0.324 e. The second-order valence-corrected chi connectivity index (χ2v) is 20.2. The van der Waals surface area contributed by atoms with Crippen molar-refractivity contribution in [2.24, 2.45) is 11.3 Å². The van der Waals surface area contributed by atoms with Gasteiger partial charge in [0.15, 0.2) is 5.60 Å². The van der Waals surface area contributed by atoms with E-state index in [4.69, 9.17) is 14.2 Å². The van der Waals surface area contributed by atoms with E-state index in [1.165, 1.54) is 21.9 Å². The van der Waals surface area contributed by atoms with E-state index in [9.17, 15) is 34.2 Å². The van der Waals surface area contributed by atoms with Crippen LogP contribution in [-0.2, 0) is 64.0 Å². The number of nitrogens with one attached hydrogen (secondary N) is 2. The minimum atomic E-state index is -1.94. The number of esters is 1. The summed E-state index contributed by atoms with van der Waals surface area (Å²) >= 11 is 0. The number of aliphatic hydroxyl groups is 1. The first kappa shape index (κ1) is 50.3. The molecule has 6 bridgehead atoms. The second kappa shape index (κ2) is 21.1. The topological polar surface area (TPSA) is 192 Å². The van der Waals surface area contributed by atoms with Crippen LogP contribution in [0, 0.1) is 11.3 Å². The number of benzene rings is 3. The van der Waals surface area contributed by atoms with Crippen molar-refractivity contribution in [3.05, 3.63) is 90.0 Å². The number of rotatable bonds is 11. The molecule has 4 amide bonds. The number of amides is 4. The standard InChI is InChI=1S/C54H68N6O10/c1-7-46(62)58-22-20-54(67,32-58)52(66)57(5)47(36-18-24-69-25-19-36)49(63)55-44-28-34-26-38(29-39(61)27-34)37-15-16-45-41(30-37)42(48(59(45)8-2)40-13-10-9-12-35(40)17-23-68-6)31-53(3,4)33-70-51(65)43-14-11-21-60(56-43)50(44)64/h7,9-10,12-13,15-16,26-27,29-30,36,43-44,47,56,61,67H,1,8,11,14,17-25,28,31-33H2,2-6H3,(H,55,63)/t43-,44-,47-,54+/m0/s1. The molecule has 16 heteroatoms. The van der Waals surface area contributed by atoms with E-state index in [1.807, 2.05) is 18.2 Å². The average molecular weight is 961 g/mol. The summed E-state index contributed by atoms with van der Waals surface area (Å²) in [5.74, 6) is -3.18. The third-order valence-corrected chi connectivity index (χ3v) is 14.5. The molecule has 0 radical (unpaired) electrons. The maximum atomic E-state index is 15.0. The molecule has 3 aromatic carbocycles. The highest BCUT2D eigenvalue weighted by atomic mass is 16.5. The minimum Gasteiger partial charge on any atom is -0.508 e. The number of phenolic OH excluding ortho intramolecular Hbond substituents is 1. The van der Waals surface area contributed by atoms with Crippen molar-refractivity contribution in [3.8, 4) is 28.1 Å². The number of hydrazine groups is 1. The van der Waals surface area contributed by atoms with Crippen LogP contribution < -0.4 is 10.7 Å². The Balaban J connectivity index is 1.21. The lowest BCUT2D eigenvalue weighted by atomic mass is 9.83. The number of methoxy groups -OCH3 is 1. The molecule has 5 heterocycles. The molecule has 0 saturated carbocycles. The summed E-state index contributed by atoms with van der Waals surface area (Å²) in [7, 11) is 3.17. The molecule has 1 aromatic heterocycles. The molecule has 3 fully saturated rings. The number of cyclic esters (lactones) is 1. The second-order valence-electron chi connectivity index (χ2n) is 20.2. The summed E-state index contributed by atoms with van der Waals surface area (Å²) in [5.41, 5.74) is 8.21. The summed E-state index contributed by atoms with van der Waals surface area (Å²) in [6.07, 6.45) is 4.11. The SMILES string of the molecule is C=CC(=O)N1CC[C@](O)(C(=O)N(C)[C@H](C(=O)N[C@H]2Cc3cc(O)cc(c3)-c3ccc4c(c3)c(c(-c3ccccc3CCOC)n4CC)CC(C)(C)COC(=O)[C@@H]3CCCN(N3)C2=O)C2CCOCC2)C1. The molecule has 4 aliphatic heterocycles. The summed E-state index contributed by atoms with van der Waals surface area (Å²) in [6.45, 7) is 12.0. The molecule has 4 atom stereocenters. The number of hydrogen-bond donors (Lipinski definition) is 4. The Labute approximate surface area is 409 Å². The number of hydrogen-bond acceptors (Lipinski definition) is 11. The van der Waals surface area contributed by atoms with E-state index >= 15 is 0 Å². The van der Waals surface area contributed by atoms with Crippen LogP contribution in [0.4, 0.5) is 0 Å². The number of phenols is 1. The zero-order valence-corrected chi connectivity index (χ0v) is 41.1. The highest BCUT2D eigenvalue weighted by Crippen LogP contribution is 2.42. The number of likely N-dealkylation sites (N-methyl/N-ethyl adjacent to an activating group) is 1. The van der Waals surface area contributed by atoms with E-state index in [2.05, 4.69) is 73.0 Å². The average Bonchev–Trinajstić information content (AvgIpc) is 3.91. The molecule has 0 unspecified atom stereocenters. The Kier molecular flexibility index (Phi) is 15.2. The Morgan fingerprint density at radius 1 is 1.04 bits per heavy atom. The lowest BCUT2D eigenvalue weighted by Gasteiger charge is -2.39. The lowest BCUT2D eigenvalue weighted by molar-refractivity contribution is -0.157. The van der Waals surface area contributed by atoms with E-state index in [-0.39, 0.29) is 44.8 Å². The van der Waals surface area contributed by atoms with Crippen molar-refractivity contribution >= 4 is 40.5 Å². The highest BCUT2D eigenvalue weighted by Gasteiger charge is 2.49. The van der Waals surface area contributed by atoms with Gasteiger partial charge < -0.3 is 44.1 Å². The Bertz CT molecular complexity index is 2640. The Morgan fingerprint density at radius 2 is 1.81 bits per heavy atom. The molecule has 3 saturated heterocycles. The maximum absolute atomic E-state index is 15.0. The summed E-state index contributed by atoms with van der Waals surface area (Å²) in [6, 6.07) is 16.6. The van der Waals surface area contributed by atoms with Crippen LogP contribution in [0.3, 0.4) is 0 Å². The fraction of sp³-hybridized carbons (Fsp3) is 0.500. The fourth-order valence-corrected chi connectivity index (χ4v) is 10.9. The first-order valence-electron chi connectivity index (χ1n) is 24.6. The number of nitrogens with zero attached hydrogens (tertiary/aromatic N) is 4. The Hall–Kier alpha value is -6.07. The molecule has 16 nitrogen and oxygen atoms in total. The molecule has 4 aliphatic rings. The van der Waals surface area contributed by atoms with Gasteiger partial charge in [0, 0.05) is 81.7 Å². The van der Waals surface area contributed by atoms with Crippen molar-refractivity contribution in [2.75, 3.05) is 60.2 Å². The van der Waals surface area contributed by atoms with Gasteiger partial charge >= 0.3 is 5.97 Å². The van der Waals surface area contributed by atoms with E-state index in [0.29, 0.717) is 69.6 Å². The number of ether oxygens (including phenoxy) is 3. The van der Waals surface area contributed by atoms with Crippen LogP contribution in [-0.4, -0.2) is 143 Å². The summed E-state index contributed by atoms with van der Waals surface area (Å²) in [5, 5.41) is 28.5. The van der Waals surface area contributed by atoms with E-state index in [0.717, 1.165) is 51.3 Å². The third-order valence-electron chi connectivity index (χ3n) is 14.5. The van der Waals surface area contributed by atoms with Crippen molar-refractivity contribution in [3.63, 3.8) is 0 Å². The Morgan fingerprint density at radius 3 is 2.56 bits per heavy atom. The van der Waals surface area contributed by atoms with Crippen molar-refractivity contribution in [2.45, 2.75) is 102 Å². The highest BCUT2D eigenvalue weighted by molar-refractivity contribution is 5.97. The molecule has 70 heavy (non-hydrogen) atoms. The summed E-state index contributed by atoms with van der Waals surface area (Å²) < 4.78 is 19.6. The van der Waals surface area contributed by atoms with Crippen LogP contribution in [0.1, 0.15) is 69.6 Å². The van der Waals surface area contributed by atoms with Gasteiger partial charge in [-0.05, 0) is 110 Å².